The Labute approximate surface area is 172 Å². The van der Waals surface area contributed by atoms with Crippen molar-refractivity contribution in [1.29, 1.82) is 0 Å². The van der Waals surface area contributed by atoms with Gasteiger partial charge in [0.25, 0.3) is 5.91 Å². The van der Waals surface area contributed by atoms with E-state index in [1.807, 2.05) is 0 Å². The molecule has 1 aromatic carbocycles. The maximum Gasteiger partial charge on any atom is 0.328 e. The molecule has 2 aromatic heterocycles. The zero-order valence-electron chi connectivity index (χ0n) is 16.8. The van der Waals surface area contributed by atoms with E-state index in [1.54, 1.807) is 26.0 Å². The number of fused-ring (bicyclic) bond motifs is 1. The van der Waals surface area contributed by atoms with Crippen LogP contribution in [0.4, 0.5) is 4.39 Å². The van der Waals surface area contributed by atoms with Crippen LogP contribution >= 0.6 is 0 Å². The largest absolute Gasteiger partial charge is 0.394 e. The van der Waals surface area contributed by atoms with Crippen LogP contribution in [-0.4, -0.2) is 38.2 Å². The third-order valence-corrected chi connectivity index (χ3v) is 5.44. The smallest absolute Gasteiger partial charge is 0.328 e. The number of nitrogens with zero attached hydrogens (tertiary/aromatic N) is 2. The molecule has 1 unspecified atom stereocenters. The van der Waals surface area contributed by atoms with Gasteiger partial charge in [0.2, 0.25) is 0 Å². The van der Waals surface area contributed by atoms with Crippen LogP contribution in [-0.2, 0) is 0 Å². The molecule has 1 atom stereocenters. The van der Waals surface area contributed by atoms with Gasteiger partial charge in [-0.3, -0.25) is 9.36 Å². The minimum Gasteiger partial charge on any atom is -0.394 e. The molecule has 1 saturated carbocycles. The number of carbonyl (C=O) groups is 1. The lowest BCUT2D eigenvalue weighted by molar-refractivity contribution is 0.0950. The van der Waals surface area contributed by atoms with Crippen molar-refractivity contribution in [3.63, 3.8) is 0 Å². The molecule has 0 spiro atoms. The molecule has 0 saturated heterocycles. The number of halogens is 1. The first kappa shape index (κ1) is 20.0. The van der Waals surface area contributed by atoms with Gasteiger partial charge in [0.1, 0.15) is 5.82 Å². The van der Waals surface area contributed by atoms with Crippen molar-refractivity contribution in [2.45, 2.75) is 38.8 Å². The summed E-state index contributed by atoms with van der Waals surface area (Å²) in [7, 11) is 0. The van der Waals surface area contributed by atoms with Gasteiger partial charge in [-0.2, -0.15) is 0 Å². The van der Waals surface area contributed by atoms with Crippen molar-refractivity contribution in [2.75, 3.05) is 6.61 Å². The van der Waals surface area contributed by atoms with E-state index in [-0.39, 0.29) is 24.1 Å². The molecule has 1 aliphatic rings. The van der Waals surface area contributed by atoms with Crippen LogP contribution < -0.4 is 11.0 Å². The van der Waals surface area contributed by atoms with Crippen molar-refractivity contribution < 1.29 is 14.3 Å². The summed E-state index contributed by atoms with van der Waals surface area (Å²) in [6.07, 6.45) is 3.41. The Bertz CT molecular complexity index is 1220. The highest BCUT2D eigenvalue weighted by molar-refractivity contribution is 5.96. The summed E-state index contributed by atoms with van der Waals surface area (Å²) in [5, 5.41) is 12.5. The summed E-state index contributed by atoms with van der Waals surface area (Å²) in [5.41, 5.74) is 2.75. The minimum absolute atomic E-state index is 0.168. The van der Waals surface area contributed by atoms with E-state index in [1.165, 1.54) is 16.8 Å². The van der Waals surface area contributed by atoms with E-state index >= 15 is 0 Å². The molecular formula is C22H23FN4O3. The summed E-state index contributed by atoms with van der Waals surface area (Å²) in [5.74, 6) is -0.791. The number of hydrogen-bond acceptors (Lipinski definition) is 4. The number of carbonyl (C=O) groups excluding carboxylic acids is 1. The van der Waals surface area contributed by atoms with Crippen LogP contribution in [0.1, 0.15) is 41.7 Å². The highest BCUT2D eigenvalue weighted by Gasteiger charge is 2.25. The van der Waals surface area contributed by atoms with Gasteiger partial charge >= 0.3 is 5.69 Å². The van der Waals surface area contributed by atoms with Crippen LogP contribution in [0.15, 0.2) is 41.3 Å². The van der Waals surface area contributed by atoms with Gasteiger partial charge in [-0.25, -0.2) is 14.2 Å². The average Bonchev–Trinajstić information content (AvgIpc) is 3.45. The third-order valence-electron chi connectivity index (χ3n) is 5.44. The van der Waals surface area contributed by atoms with E-state index in [0.717, 1.165) is 12.8 Å². The maximum atomic E-state index is 14.6. The first-order valence-electron chi connectivity index (χ1n) is 9.78. The Kier molecular flexibility index (Phi) is 5.03. The molecule has 7 nitrogen and oxygen atoms in total. The van der Waals surface area contributed by atoms with Gasteiger partial charge < -0.3 is 15.4 Å². The number of rotatable bonds is 6. The van der Waals surface area contributed by atoms with Gasteiger partial charge in [0, 0.05) is 23.4 Å². The van der Waals surface area contributed by atoms with Crippen LogP contribution in [0.5, 0.6) is 0 Å². The van der Waals surface area contributed by atoms with Crippen molar-refractivity contribution >= 4 is 17.1 Å². The Morgan fingerprint density at radius 2 is 2.17 bits per heavy atom. The fourth-order valence-corrected chi connectivity index (χ4v) is 3.51. The predicted octanol–water partition coefficient (Wildman–Crippen LogP) is 2.84. The summed E-state index contributed by atoms with van der Waals surface area (Å²) >= 11 is 0. The van der Waals surface area contributed by atoms with Crippen molar-refractivity contribution in [1.82, 2.24) is 19.9 Å². The summed E-state index contributed by atoms with van der Waals surface area (Å²) in [6.45, 7) is 6.90. The van der Waals surface area contributed by atoms with Crippen LogP contribution in [0.25, 0.3) is 22.3 Å². The molecule has 2 heterocycles. The van der Waals surface area contributed by atoms with Gasteiger partial charge in [-0.15, -0.1) is 0 Å². The molecule has 0 radical (unpaired) electrons. The van der Waals surface area contributed by atoms with Crippen LogP contribution in [0.2, 0.25) is 0 Å². The summed E-state index contributed by atoms with van der Waals surface area (Å²) in [6, 6.07) is 4.13. The van der Waals surface area contributed by atoms with E-state index < -0.39 is 17.5 Å². The molecule has 4 rings (SSSR count). The SMILES string of the molecule is C=C(C)C(CO)n1c(=O)[nH]c2cc(-c3cc(C(=O)NC4CC4)cc(F)c3C)cnc21. The Morgan fingerprint density at radius 1 is 1.43 bits per heavy atom. The van der Waals surface area contributed by atoms with Gasteiger partial charge in [0.05, 0.1) is 18.2 Å². The number of imidazole rings is 1. The molecule has 3 aromatic rings. The van der Waals surface area contributed by atoms with Crippen LogP contribution in [0.3, 0.4) is 0 Å². The highest BCUT2D eigenvalue weighted by Crippen LogP contribution is 2.29. The molecule has 156 valence electrons. The van der Waals surface area contributed by atoms with Crippen molar-refractivity contribution in [3.05, 3.63) is 64.0 Å². The van der Waals surface area contributed by atoms with E-state index in [2.05, 4.69) is 21.9 Å². The summed E-state index contributed by atoms with van der Waals surface area (Å²) < 4.78 is 15.9. The highest BCUT2D eigenvalue weighted by atomic mass is 19.1. The number of aromatic nitrogens is 3. The molecular weight excluding hydrogens is 387 g/mol. The molecule has 0 bridgehead atoms. The number of aliphatic hydroxyl groups excluding tert-OH is 1. The number of aromatic amines is 1. The van der Waals surface area contributed by atoms with E-state index in [9.17, 15) is 19.1 Å². The third kappa shape index (κ3) is 3.54. The van der Waals surface area contributed by atoms with Crippen molar-refractivity contribution in [2.24, 2.45) is 0 Å². The Hall–Kier alpha value is -3.26. The normalized spacial score (nSPS) is 14.7. The molecule has 30 heavy (non-hydrogen) atoms. The number of nitrogens with one attached hydrogen (secondary N) is 2. The lowest BCUT2D eigenvalue weighted by atomic mass is 9.98. The van der Waals surface area contributed by atoms with E-state index in [0.29, 0.717) is 33.4 Å². The fourth-order valence-electron chi connectivity index (χ4n) is 3.51. The first-order valence-corrected chi connectivity index (χ1v) is 9.78. The van der Waals surface area contributed by atoms with Crippen LogP contribution in [0, 0.1) is 12.7 Å². The quantitative estimate of drug-likeness (QED) is 0.544. The van der Waals surface area contributed by atoms with E-state index in [4.69, 9.17) is 0 Å². The second kappa shape index (κ2) is 7.53. The zero-order valence-corrected chi connectivity index (χ0v) is 16.8. The molecule has 3 N–H and O–H groups in total. The zero-order chi connectivity index (χ0) is 21.6. The number of H-pyrrole nitrogens is 1. The topological polar surface area (TPSA) is 100 Å². The Morgan fingerprint density at radius 3 is 2.80 bits per heavy atom. The standard InChI is InChI=1S/C22H23FN4O3/c1-11(2)19(10-28)27-20-18(26-22(27)30)8-14(9-24-20)16-6-13(7-17(23)12(16)3)21(29)25-15-4-5-15/h6-9,15,19,28H,1,4-5,10H2,2-3H3,(H,25,29)(H,26,30). The number of pyridine rings is 1. The predicted molar refractivity (Wildman–Crippen MR) is 112 cm³/mol. The van der Waals surface area contributed by atoms with Gasteiger partial charge in [0.15, 0.2) is 5.65 Å². The fraction of sp³-hybridized carbons (Fsp3) is 0.318. The molecule has 0 aliphatic heterocycles. The molecule has 1 amide bonds. The van der Waals surface area contributed by atoms with Gasteiger partial charge in [-0.1, -0.05) is 12.2 Å². The van der Waals surface area contributed by atoms with Crippen molar-refractivity contribution in [3.8, 4) is 11.1 Å². The Balaban J connectivity index is 1.80. The monoisotopic (exact) mass is 410 g/mol. The lowest BCUT2D eigenvalue weighted by Gasteiger charge is -2.15. The molecule has 1 aliphatic carbocycles. The number of hydrogen-bond donors (Lipinski definition) is 3. The maximum absolute atomic E-state index is 14.6. The second-order valence-corrected chi connectivity index (χ2v) is 7.82. The minimum atomic E-state index is -0.599. The summed E-state index contributed by atoms with van der Waals surface area (Å²) in [4.78, 5) is 32.0. The second-order valence-electron chi connectivity index (χ2n) is 7.82. The average molecular weight is 410 g/mol. The van der Waals surface area contributed by atoms with Gasteiger partial charge in [-0.05, 0) is 56.0 Å². The number of amides is 1. The lowest BCUT2D eigenvalue weighted by Crippen LogP contribution is -2.25. The molecule has 8 heteroatoms. The number of benzene rings is 1. The molecule has 1 fully saturated rings. The first-order chi connectivity index (χ1) is 14.3. The number of aliphatic hydroxyl groups is 1.